The fourth-order valence-corrected chi connectivity index (χ4v) is 5.11. The summed E-state index contributed by atoms with van der Waals surface area (Å²) in [6, 6.07) is 14.2. The van der Waals surface area contributed by atoms with Crippen molar-refractivity contribution in [1.82, 2.24) is 24.7 Å². The van der Waals surface area contributed by atoms with Crippen LogP contribution in [0.15, 0.2) is 54.7 Å². The smallest absolute Gasteiger partial charge is 0.259 e. The van der Waals surface area contributed by atoms with Crippen LogP contribution in [0.5, 0.6) is 0 Å². The van der Waals surface area contributed by atoms with Gasteiger partial charge in [0.15, 0.2) is 5.82 Å². The first-order valence-electron chi connectivity index (χ1n) is 12.1. The Kier molecular flexibility index (Phi) is 5.28. The van der Waals surface area contributed by atoms with E-state index < -0.39 is 11.7 Å². The maximum atomic E-state index is 15.0. The molecule has 1 N–H and O–H groups in total. The molecule has 0 aliphatic carbocycles. The Hall–Kier alpha value is -4.14. The van der Waals surface area contributed by atoms with Gasteiger partial charge in [-0.25, -0.2) is 14.4 Å². The highest BCUT2D eigenvalue weighted by Gasteiger charge is 2.34. The van der Waals surface area contributed by atoms with E-state index in [-0.39, 0.29) is 11.1 Å². The first-order chi connectivity index (χ1) is 17.4. The monoisotopic (exact) mass is 483 g/mol. The van der Waals surface area contributed by atoms with E-state index in [0.717, 1.165) is 42.2 Å². The molecule has 1 amide bonds. The van der Waals surface area contributed by atoms with Crippen molar-refractivity contribution in [3.8, 4) is 11.5 Å². The van der Waals surface area contributed by atoms with Crippen LogP contribution in [0.1, 0.15) is 47.6 Å². The Morgan fingerprint density at radius 1 is 1.06 bits per heavy atom. The minimum Gasteiger partial charge on any atom is -0.352 e. The first kappa shape index (κ1) is 22.3. The molecule has 2 aliphatic heterocycles. The predicted octanol–water partition coefficient (Wildman–Crippen LogP) is 4.37. The highest BCUT2D eigenvalue weighted by molar-refractivity contribution is 6.04. The van der Waals surface area contributed by atoms with Crippen molar-refractivity contribution < 1.29 is 9.18 Å². The van der Waals surface area contributed by atoms with Crippen LogP contribution in [0.4, 0.5) is 16.0 Å². The largest absolute Gasteiger partial charge is 0.352 e. The summed E-state index contributed by atoms with van der Waals surface area (Å²) in [5.41, 5.74) is 2.33. The minimum absolute atomic E-state index is 0.00618. The summed E-state index contributed by atoms with van der Waals surface area (Å²) in [6.07, 6.45) is 4.29. The van der Waals surface area contributed by atoms with Crippen LogP contribution in [0.25, 0.3) is 11.5 Å². The molecule has 36 heavy (non-hydrogen) atoms. The van der Waals surface area contributed by atoms with Crippen LogP contribution < -0.4 is 10.2 Å². The van der Waals surface area contributed by atoms with E-state index in [1.54, 1.807) is 24.4 Å². The van der Waals surface area contributed by atoms with Crippen LogP contribution in [-0.4, -0.2) is 37.2 Å². The average molecular weight is 484 g/mol. The van der Waals surface area contributed by atoms with Gasteiger partial charge in [-0.05, 0) is 74.2 Å². The van der Waals surface area contributed by atoms with Crippen molar-refractivity contribution >= 4 is 17.5 Å². The van der Waals surface area contributed by atoms with Crippen molar-refractivity contribution in [2.75, 3.05) is 16.8 Å². The molecule has 9 heteroatoms. The molecule has 0 bridgehead atoms. The fourth-order valence-electron chi connectivity index (χ4n) is 5.11. The van der Waals surface area contributed by atoms with Crippen LogP contribution in [-0.2, 0) is 24.9 Å². The molecule has 3 aromatic heterocycles. The summed E-state index contributed by atoms with van der Waals surface area (Å²) < 4.78 is 17.1. The van der Waals surface area contributed by atoms with Gasteiger partial charge in [0, 0.05) is 31.2 Å². The molecular formula is C27H26FN7O. The van der Waals surface area contributed by atoms with Gasteiger partial charge in [0.1, 0.15) is 29.0 Å². The van der Waals surface area contributed by atoms with E-state index in [1.807, 2.05) is 24.3 Å². The standard InChI is InChI=1S/C27H26FN7O/c1-27(2)11-9-24-32-33-25(35(24)27)21-6-5-7-22(30-21)31-26(36)19-14-18-16-34(23-8-3-4-12-29-23)13-10-17(18)15-20(19)28/h3-8,12,14-15H,9-11,13,16H2,1-2H3,(H,30,31,36). The number of amides is 1. The number of nitrogens with one attached hydrogen (secondary N) is 1. The Morgan fingerprint density at radius 2 is 1.94 bits per heavy atom. The summed E-state index contributed by atoms with van der Waals surface area (Å²) in [5.74, 6) is 1.72. The van der Waals surface area contributed by atoms with Crippen LogP contribution in [0.3, 0.4) is 0 Å². The number of pyridine rings is 2. The van der Waals surface area contributed by atoms with Crippen molar-refractivity contribution in [2.45, 2.75) is 45.2 Å². The van der Waals surface area contributed by atoms with Gasteiger partial charge in [-0.3, -0.25) is 4.79 Å². The average Bonchev–Trinajstić information content (AvgIpc) is 3.45. The van der Waals surface area contributed by atoms with Crippen LogP contribution in [0.2, 0.25) is 0 Å². The van der Waals surface area contributed by atoms with E-state index in [1.165, 1.54) is 6.07 Å². The number of nitrogens with zero attached hydrogens (tertiary/aromatic N) is 6. The summed E-state index contributed by atoms with van der Waals surface area (Å²) in [5, 5.41) is 11.4. The molecule has 0 radical (unpaired) electrons. The van der Waals surface area contributed by atoms with Crippen molar-refractivity contribution in [3.05, 3.63) is 83.1 Å². The van der Waals surface area contributed by atoms with Gasteiger partial charge in [-0.2, -0.15) is 0 Å². The molecule has 1 aromatic carbocycles. The Morgan fingerprint density at radius 3 is 2.78 bits per heavy atom. The van der Waals surface area contributed by atoms with Crippen molar-refractivity contribution in [2.24, 2.45) is 0 Å². The lowest BCUT2D eigenvalue weighted by molar-refractivity contribution is 0.102. The normalized spacial score (nSPS) is 15.9. The Labute approximate surface area is 208 Å². The molecule has 2 aliphatic rings. The molecule has 0 fully saturated rings. The zero-order valence-corrected chi connectivity index (χ0v) is 20.2. The molecule has 4 aromatic rings. The number of aromatic nitrogens is 5. The molecule has 182 valence electrons. The third kappa shape index (κ3) is 3.90. The van der Waals surface area contributed by atoms with Gasteiger partial charge in [0.05, 0.1) is 5.56 Å². The molecule has 5 heterocycles. The van der Waals surface area contributed by atoms with Crippen molar-refractivity contribution in [3.63, 3.8) is 0 Å². The number of hydrogen-bond acceptors (Lipinski definition) is 6. The van der Waals surface area contributed by atoms with E-state index in [2.05, 4.69) is 48.8 Å². The number of benzene rings is 1. The van der Waals surface area contributed by atoms with E-state index in [4.69, 9.17) is 0 Å². The molecule has 8 nitrogen and oxygen atoms in total. The highest BCUT2D eigenvalue weighted by Crippen LogP contribution is 2.35. The van der Waals surface area contributed by atoms with E-state index >= 15 is 0 Å². The molecule has 0 atom stereocenters. The lowest BCUT2D eigenvalue weighted by Crippen LogP contribution is -2.31. The summed E-state index contributed by atoms with van der Waals surface area (Å²) >= 11 is 0. The first-order valence-corrected chi connectivity index (χ1v) is 12.1. The van der Waals surface area contributed by atoms with Crippen LogP contribution >= 0.6 is 0 Å². The zero-order chi connectivity index (χ0) is 24.9. The highest BCUT2D eigenvalue weighted by atomic mass is 19.1. The predicted molar refractivity (Wildman–Crippen MR) is 134 cm³/mol. The molecule has 0 spiro atoms. The summed E-state index contributed by atoms with van der Waals surface area (Å²) in [6.45, 7) is 5.61. The van der Waals surface area contributed by atoms with Gasteiger partial charge >= 0.3 is 0 Å². The summed E-state index contributed by atoms with van der Waals surface area (Å²) in [4.78, 5) is 24.3. The molecule has 6 rings (SSSR count). The van der Waals surface area contributed by atoms with Crippen molar-refractivity contribution in [1.29, 1.82) is 0 Å². The Bertz CT molecular complexity index is 1460. The maximum Gasteiger partial charge on any atom is 0.259 e. The lowest BCUT2D eigenvalue weighted by atomic mass is 9.96. The lowest BCUT2D eigenvalue weighted by Gasteiger charge is -2.30. The SMILES string of the molecule is CC1(C)CCc2nnc(-c3cccc(NC(=O)c4cc5c(cc4F)CCN(c4ccccn4)C5)n3)n21. The number of aryl methyl sites for hydroxylation is 1. The molecule has 0 saturated carbocycles. The van der Waals surface area contributed by atoms with E-state index in [9.17, 15) is 9.18 Å². The third-order valence-corrected chi connectivity index (χ3v) is 7.04. The second kappa shape index (κ2) is 8.51. The third-order valence-electron chi connectivity index (χ3n) is 7.04. The van der Waals surface area contributed by atoms with Gasteiger partial charge in [-0.15, -0.1) is 10.2 Å². The number of anilines is 2. The minimum atomic E-state index is -0.540. The maximum absolute atomic E-state index is 15.0. The number of carbonyl (C=O) groups is 1. The molecule has 0 unspecified atom stereocenters. The summed E-state index contributed by atoms with van der Waals surface area (Å²) in [7, 11) is 0. The van der Waals surface area contributed by atoms with Gasteiger partial charge in [-0.1, -0.05) is 12.1 Å². The number of rotatable bonds is 4. The second-order valence-corrected chi connectivity index (χ2v) is 9.91. The van der Waals surface area contributed by atoms with Crippen LogP contribution in [0, 0.1) is 5.82 Å². The fraction of sp³-hybridized carbons (Fsp3) is 0.296. The zero-order valence-electron chi connectivity index (χ0n) is 20.2. The number of halogens is 1. The second-order valence-electron chi connectivity index (χ2n) is 9.91. The molecule has 0 saturated heterocycles. The number of carbonyl (C=O) groups excluding carboxylic acids is 1. The Balaban J connectivity index is 1.25. The number of hydrogen-bond donors (Lipinski definition) is 1. The number of fused-ring (bicyclic) bond motifs is 2. The van der Waals surface area contributed by atoms with Gasteiger partial charge < -0.3 is 14.8 Å². The topological polar surface area (TPSA) is 88.8 Å². The van der Waals surface area contributed by atoms with Gasteiger partial charge in [0.25, 0.3) is 5.91 Å². The van der Waals surface area contributed by atoms with Gasteiger partial charge in [0.2, 0.25) is 0 Å². The molecular weight excluding hydrogens is 457 g/mol. The van der Waals surface area contributed by atoms with E-state index in [0.29, 0.717) is 30.3 Å². The quantitative estimate of drug-likeness (QED) is 0.464.